The molecule has 124 valence electrons. The lowest BCUT2D eigenvalue weighted by Gasteiger charge is -2.15. The van der Waals surface area contributed by atoms with Crippen LogP contribution in [0.4, 0.5) is 0 Å². The smallest absolute Gasteiger partial charge is 0.260 e. The van der Waals surface area contributed by atoms with Gasteiger partial charge in [0.1, 0.15) is 5.56 Å². The van der Waals surface area contributed by atoms with Gasteiger partial charge in [0.2, 0.25) is 0 Å². The molecule has 1 aromatic carbocycles. The van der Waals surface area contributed by atoms with Gasteiger partial charge in [0.05, 0.1) is 0 Å². The van der Waals surface area contributed by atoms with E-state index in [4.69, 9.17) is 0 Å². The Labute approximate surface area is 139 Å². The largest absolute Gasteiger partial charge is 0.348 e. The zero-order valence-corrected chi connectivity index (χ0v) is 13.2. The minimum absolute atomic E-state index is 0.0545. The highest BCUT2D eigenvalue weighted by Gasteiger charge is 2.19. The number of carbonyl (C=O) groups is 2. The Kier molecular flexibility index (Phi) is 4.74. The van der Waals surface area contributed by atoms with E-state index in [0.29, 0.717) is 12.1 Å². The van der Waals surface area contributed by atoms with Crippen LogP contribution in [0.5, 0.6) is 0 Å². The van der Waals surface area contributed by atoms with Crippen molar-refractivity contribution in [3.63, 3.8) is 0 Å². The normalized spacial score (nSPS) is 13.8. The first-order chi connectivity index (χ1) is 11.6. The Bertz CT molecular complexity index is 790. The van der Waals surface area contributed by atoms with E-state index in [1.807, 2.05) is 17.0 Å². The predicted octanol–water partition coefficient (Wildman–Crippen LogP) is 1.54. The number of carbonyl (C=O) groups excluding carboxylic acids is 2. The summed E-state index contributed by atoms with van der Waals surface area (Å²) >= 11 is 0. The molecule has 2 amide bonds. The Hall–Kier alpha value is -2.89. The van der Waals surface area contributed by atoms with Crippen molar-refractivity contribution in [1.82, 2.24) is 15.2 Å². The third kappa shape index (κ3) is 3.53. The average Bonchev–Trinajstić information content (AvgIpc) is 3.14. The van der Waals surface area contributed by atoms with Gasteiger partial charge >= 0.3 is 0 Å². The third-order valence-electron chi connectivity index (χ3n) is 4.11. The number of H-pyrrole nitrogens is 1. The zero-order valence-electron chi connectivity index (χ0n) is 13.2. The van der Waals surface area contributed by atoms with Crippen LogP contribution in [-0.4, -0.2) is 34.8 Å². The quantitative estimate of drug-likeness (QED) is 0.894. The molecule has 0 unspecified atom stereocenters. The predicted molar refractivity (Wildman–Crippen MR) is 89.8 cm³/mol. The number of nitrogens with one attached hydrogen (secondary N) is 2. The van der Waals surface area contributed by atoms with Gasteiger partial charge in [-0.15, -0.1) is 0 Å². The summed E-state index contributed by atoms with van der Waals surface area (Å²) in [7, 11) is 0. The maximum atomic E-state index is 12.3. The van der Waals surface area contributed by atoms with Crippen molar-refractivity contribution in [3.05, 3.63) is 69.6 Å². The van der Waals surface area contributed by atoms with E-state index in [9.17, 15) is 14.4 Å². The molecule has 1 aromatic heterocycles. The van der Waals surface area contributed by atoms with E-state index < -0.39 is 11.5 Å². The number of likely N-dealkylation sites (tertiary alicyclic amines) is 1. The van der Waals surface area contributed by atoms with Crippen LogP contribution >= 0.6 is 0 Å². The van der Waals surface area contributed by atoms with Crippen LogP contribution in [0.15, 0.2) is 47.4 Å². The SMILES string of the molecule is O=C(NCc1ccc(C(=O)N2CCCC2)cc1)c1ccc[nH]c1=O. The van der Waals surface area contributed by atoms with Crippen molar-refractivity contribution in [2.75, 3.05) is 13.1 Å². The molecule has 1 aliphatic heterocycles. The van der Waals surface area contributed by atoms with Gasteiger partial charge in [-0.2, -0.15) is 0 Å². The number of pyridine rings is 1. The lowest BCUT2D eigenvalue weighted by Crippen LogP contribution is -2.29. The maximum Gasteiger partial charge on any atom is 0.260 e. The van der Waals surface area contributed by atoms with Crippen LogP contribution in [-0.2, 0) is 6.54 Å². The molecule has 2 heterocycles. The van der Waals surface area contributed by atoms with Gasteiger partial charge < -0.3 is 15.2 Å². The molecular weight excluding hydrogens is 306 g/mol. The third-order valence-corrected chi connectivity index (χ3v) is 4.11. The van der Waals surface area contributed by atoms with Crippen molar-refractivity contribution in [3.8, 4) is 0 Å². The van der Waals surface area contributed by atoms with Crippen LogP contribution in [0.2, 0.25) is 0 Å². The fourth-order valence-corrected chi connectivity index (χ4v) is 2.75. The van der Waals surface area contributed by atoms with Crippen molar-refractivity contribution in [2.45, 2.75) is 19.4 Å². The van der Waals surface area contributed by atoms with Crippen molar-refractivity contribution >= 4 is 11.8 Å². The Morgan fingerprint density at radius 2 is 1.79 bits per heavy atom. The summed E-state index contributed by atoms with van der Waals surface area (Å²) in [6.45, 7) is 1.94. The van der Waals surface area contributed by atoms with Crippen molar-refractivity contribution < 1.29 is 9.59 Å². The van der Waals surface area contributed by atoms with Crippen molar-refractivity contribution in [1.29, 1.82) is 0 Å². The first-order valence-corrected chi connectivity index (χ1v) is 7.99. The molecule has 6 nitrogen and oxygen atoms in total. The van der Waals surface area contributed by atoms with Crippen LogP contribution in [0.3, 0.4) is 0 Å². The molecule has 0 spiro atoms. The first kappa shape index (κ1) is 16.0. The average molecular weight is 325 g/mol. The van der Waals surface area contributed by atoms with Gasteiger partial charge in [-0.25, -0.2) is 0 Å². The van der Waals surface area contributed by atoms with Gasteiger partial charge in [-0.3, -0.25) is 14.4 Å². The fourth-order valence-electron chi connectivity index (χ4n) is 2.75. The second-order valence-corrected chi connectivity index (χ2v) is 5.79. The molecule has 1 fully saturated rings. The summed E-state index contributed by atoms with van der Waals surface area (Å²) in [5, 5.41) is 2.71. The second-order valence-electron chi connectivity index (χ2n) is 5.79. The molecule has 0 atom stereocenters. The Balaban J connectivity index is 1.60. The number of hydrogen-bond donors (Lipinski definition) is 2. The summed E-state index contributed by atoms with van der Waals surface area (Å²) in [5.74, 6) is -0.368. The molecule has 2 aromatic rings. The highest BCUT2D eigenvalue weighted by Crippen LogP contribution is 2.13. The molecule has 2 N–H and O–H groups in total. The second kappa shape index (κ2) is 7.12. The topological polar surface area (TPSA) is 82.3 Å². The zero-order chi connectivity index (χ0) is 16.9. The molecule has 0 aliphatic carbocycles. The molecule has 1 aliphatic rings. The van der Waals surface area contributed by atoms with Gasteiger partial charge in [0.15, 0.2) is 0 Å². The fraction of sp³-hybridized carbons (Fsp3) is 0.278. The van der Waals surface area contributed by atoms with Gasteiger partial charge in [0, 0.05) is 31.4 Å². The minimum atomic E-state index is -0.422. The molecule has 0 saturated carbocycles. The van der Waals surface area contributed by atoms with E-state index in [1.165, 1.54) is 12.3 Å². The first-order valence-electron chi connectivity index (χ1n) is 7.99. The Morgan fingerprint density at radius 3 is 2.46 bits per heavy atom. The number of benzene rings is 1. The molecule has 6 heteroatoms. The molecule has 3 rings (SSSR count). The lowest BCUT2D eigenvalue weighted by atomic mass is 10.1. The number of aromatic amines is 1. The summed E-state index contributed by atoms with van der Waals surface area (Å²) < 4.78 is 0. The molecule has 24 heavy (non-hydrogen) atoms. The highest BCUT2D eigenvalue weighted by molar-refractivity contribution is 5.94. The van der Waals surface area contributed by atoms with Crippen LogP contribution < -0.4 is 10.9 Å². The van der Waals surface area contributed by atoms with E-state index in [2.05, 4.69) is 10.3 Å². The standard InChI is InChI=1S/C18H19N3O3/c22-16-15(4-3-9-19-16)17(23)20-12-13-5-7-14(8-6-13)18(24)21-10-1-2-11-21/h3-9H,1-2,10-12H2,(H,19,22)(H,20,23). The van der Waals surface area contributed by atoms with Gasteiger partial charge in [-0.05, 0) is 42.7 Å². The van der Waals surface area contributed by atoms with Gasteiger partial charge in [-0.1, -0.05) is 12.1 Å². The van der Waals surface area contributed by atoms with Crippen LogP contribution in [0.25, 0.3) is 0 Å². The number of hydrogen-bond acceptors (Lipinski definition) is 3. The Morgan fingerprint density at radius 1 is 1.08 bits per heavy atom. The van der Waals surface area contributed by atoms with Gasteiger partial charge in [0.25, 0.3) is 17.4 Å². The lowest BCUT2D eigenvalue weighted by molar-refractivity contribution is 0.0792. The number of amides is 2. The molecule has 0 bridgehead atoms. The number of nitrogens with zero attached hydrogens (tertiary/aromatic N) is 1. The summed E-state index contributed by atoms with van der Waals surface area (Å²) in [6.07, 6.45) is 3.61. The molecular formula is C18H19N3O3. The van der Waals surface area contributed by atoms with E-state index in [0.717, 1.165) is 31.5 Å². The summed E-state index contributed by atoms with van der Waals surface area (Å²) in [4.78, 5) is 40.1. The highest BCUT2D eigenvalue weighted by atomic mass is 16.2. The molecule has 0 radical (unpaired) electrons. The summed E-state index contributed by atoms with van der Waals surface area (Å²) in [6, 6.07) is 10.3. The van der Waals surface area contributed by atoms with E-state index in [-0.39, 0.29) is 11.5 Å². The minimum Gasteiger partial charge on any atom is -0.348 e. The van der Waals surface area contributed by atoms with Crippen LogP contribution in [0.1, 0.15) is 39.1 Å². The number of rotatable bonds is 4. The van der Waals surface area contributed by atoms with E-state index in [1.54, 1.807) is 18.2 Å². The number of aromatic nitrogens is 1. The van der Waals surface area contributed by atoms with Crippen LogP contribution in [0, 0.1) is 0 Å². The maximum absolute atomic E-state index is 12.3. The van der Waals surface area contributed by atoms with E-state index >= 15 is 0 Å². The van der Waals surface area contributed by atoms with Crippen molar-refractivity contribution in [2.24, 2.45) is 0 Å². The monoisotopic (exact) mass is 325 g/mol. The summed E-state index contributed by atoms with van der Waals surface area (Å²) in [5.41, 5.74) is 1.19. The molecule has 1 saturated heterocycles.